The number of carbonyl (C=O) groups is 2. The lowest BCUT2D eigenvalue weighted by atomic mass is 10.1. The van der Waals surface area contributed by atoms with E-state index in [1.807, 2.05) is 6.92 Å². The van der Waals surface area contributed by atoms with Gasteiger partial charge in [0.1, 0.15) is 16.6 Å². The van der Waals surface area contributed by atoms with Crippen molar-refractivity contribution in [3.63, 3.8) is 0 Å². The number of ether oxygens (including phenoxy) is 1. The summed E-state index contributed by atoms with van der Waals surface area (Å²) in [5.41, 5.74) is 1.48. The maximum Gasteiger partial charge on any atom is 0.354 e. The molecular weight excluding hydrogens is 418 g/mol. The molecule has 1 fully saturated rings. The molecule has 1 unspecified atom stereocenters. The van der Waals surface area contributed by atoms with Crippen LogP contribution in [0.3, 0.4) is 0 Å². The molecular formula is C19H22ClN3O5S. The van der Waals surface area contributed by atoms with E-state index in [2.05, 4.69) is 10.1 Å². The Morgan fingerprint density at radius 2 is 2.00 bits per heavy atom. The zero-order chi connectivity index (χ0) is 21.3. The minimum Gasteiger partial charge on any atom is -0.464 e. The van der Waals surface area contributed by atoms with Crippen LogP contribution in [0.15, 0.2) is 35.4 Å². The van der Waals surface area contributed by atoms with Gasteiger partial charge in [0.15, 0.2) is 0 Å². The smallest absolute Gasteiger partial charge is 0.354 e. The average Bonchev–Trinajstić information content (AvgIpc) is 3.31. The number of esters is 1. The molecule has 1 saturated heterocycles. The summed E-state index contributed by atoms with van der Waals surface area (Å²) in [4.78, 5) is 24.6. The summed E-state index contributed by atoms with van der Waals surface area (Å²) in [5.74, 6) is -1.04. The number of nitrogens with zero attached hydrogens (tertiary/aromatic N) is 2. The molecule has 2 aromatic rings. The van der Waals surface area contributed by atoms with Crippen molar-refractivity contribution in [3.05, 3.63) is 46.7 Å². The summed E-state index contributed by atoms with van der Waals surface area (Å²) in [6.45, 7) is 2.03. The van der Waals surface area contributed by atoms with Crippen LogP contribution < -0.4 is 5.32 Å². The number of rotatable bonds is 5. The fourth-order valence-corrected chi connectivity index (χ4v) is 5.35. The van der Waals surface area contributed by atoms with E-state index < -0.39 is 27.9 Å². The second kappa shape index (κ2) is 8.17. The molecule has 0 aliphatic carbocycles. The molecule has 8 nitrogen and oxygen atoms in total. The second-order valence-electron chi connectivity index (χ2n) is 6.89. The zero-order valence-electron chi connectivity index (χ0n) is 16.3. The van der Waals surface area contributed by atoms with Gasteiger partial charge < -0.3 is 14.6 Å². The van der Waals surface area contributed by atoms with Gasteiger partial charge in [-0.25, -0.2) is 13.2 Å². The van der Waals surface area contributed by atoms with E-state index in [9.17, 15) is 18.0 Å². The van der Waals surface area contributed by atoms with Crippen molar-refractivity contribution in [3.8, 4) is 0 Å². The SMILES string of the molecule is COC(=O)c1cc(S(=O)(=O)N2CCCC2C(=O)Nc2ccc(Cl)cc2C)cn1C. The summed E-state index contributed by atoms with van der Waals surface area (Å²) in [7, 11) is -1.18. The first-order valence-electron chi connectivity index (χ1n) is 8.98. The molecule has 156 valence electrons. The predicted octanol–water partition coefficient (Wildman–Crippen LogP) is 2.57. The number of halogens is 1. The number of carbonyl (C=O) groups excluding carboxylic acids is 2. The largest absolute Gasteiger partial charge is 0.464 e. The van der Waals surface area contributed by atoms with Gasteiger partial charge in [0.25, 0.3) is 0 Å². The molecule has 0 bridgehead atoms. The molecule has 29 heavy (non-hydrogen) atoms. The highest BCUT2D eigenvalue weighted by molar-refractivity contribution is 7.89. The van der Waals surface area contributed by atoms with Crippen molar-refractivity contribution in [2.24, 2.45) is 7.05 Å². The highest BCUT2D eigenvalue weighted by atomic mass is 35.5. The van der Waals surface area contributed by atoms with Gasteiger partial charge in [0.2, 0.25) is 15.9 Å². The normalized spacial score (nSPS) is 17.3. The number of aryl methyl sites for hydroxylation is 2. The lowest BCUT2D eigenvalue weighted by Gasteiger charge is -2.23. The number of anilines is 1. The highest BCUT2D eigenvalue weighted by Gasteiger charge is 2.40. The van der Waals surface area contributed by atoms with Crippen molar-refractivity contribution >= 4 is 39.2 Å². The molecule has 1 aromatic carbocycles. The molecule has 3 rings (SSSR count). The van der Waals surface area contributed by atoms with Crippen molar-refractivity contribution in [1.82, 2.24) is 8.87 Å². The lowest BCUT2D eigenvalue weighted by molar-refractivity contribution is -0.119. The monoisotopic (exact) mass is 439 g/mol. The Hall–Kier alpha value is -2.36. The van der Waals surface area contributed by atoms with Crippen molar-refractivity contribution in [1.29, 1.82) is 0 Å². The third kappa shape index (κ3) is 4.17. The molecule has 0 spiro atoms. The maximum absolute atomic E-state index is 13.2. The molecule has 1 aliphatic rings. The highest BCUT2D eigenvalue weighted by Crippen LogP contribution is 2.29. The van der Waals surface area contributed by atoms with E-state index in [0.717, 1.165) is 5.56 Å². The van der Waals surface area contributed by atoms with Crippen LogP contribution in [0.1, 0.15) is 28.9 Å². The number of hydrogen-bond acceptors (Lipinski definition) is 5. The fourth-order valence-electron chi connectivity index (χ4n) is 3.39. The third-order valence-electron chi connectivity index (χ3n) is 4.93. The van der Waals surface area contributed by atoms with Crippen LogP contribution in [-0.4, -0.2) is 48.9 Å². The fraction of sp³-hybridized carbons (Fsp3) is 0.368. The molecule has 1 aromatic heterocycles. The first-order valence-corrected chi connectivity index (χ1v) is 10.8. The Balaban J connectivity index is 1.85. The second-order valence-corrected chi connectivity index (χ2v) is 9.21. The Bertz CT molecular complexity index is 1060. The lowest BCUT2D eigenvalue weighted by Crippen LogP contribution is -2.43. The van der Waals surface area contributed by atoms with Gasteiger partial charge in [0, 0.05) is 30.5 Å². The predicted molar refractivity (Wildman–Crippen MR) is 108 cm³/mol. The summed E-state index contributed by atoms with van der Waals surface area (Å²) in [6, 6.07) is 5.49. The number of benzene rings is 1. The van der Waals surface area contributed by atoms with Crippen LogP contribution in [0, 0.1) is 6.92 Å². The minimum absolute atomic E-state index is 0.0530. The molecule has 1 atom stereocenters. The summed E-state index contributed by atoms with van der Waals surface area (Å²) in [6.07, 6.45) is 2.32. The number of nitrogens with one attached hydrogen (secondary N) is 1. The van der Waals surface area contributed by atoms with Crippen LogP contribution in [0.2, 0.25) is 5.02 Å². The molecule has 2 heterocycles. The van der Waals surface area contributed by atoms with Crippen LogP contribution in [-0.2, 0) is 26.6 Å². The van der Waals surface area contributed by atoms with Gasteiger partial charge in [-0.3, -0.25) is 4.79 Å². The van der Waals surface area contributed by atoms with Crippen molar-refractivity contribution in [2.75, 3.05) is 19.0 Å². The quantitative estimate of drug-likeness (QED) is 0.722. The van der Waals surface area contributed by atoms with E-state index in [-0.39, 0.29) is 17.1 Å². The Labute approximate surface area is 174 Å². The Morgan fingerprint density at radius 3 is 2.66 bits per heavy atom. The van der Waals surface area contributed by atoms with Gasteiger partial charge in [-0.05, 0) is 49.6 Å². The Kier molecular flexibility index (Phi) is 6.02. The van der Waals surface area contributed by atoms with E-state index >= 15 is 0 Å². The average molecular weight is 440 g/mol. The molecule has 1 N–H and O–H groups in total. The number of methoxy groups -OCH3 is 1. The first kappa shape index (κ1) is 21.4. The van der Waals surface area contributed by atoms with E-state index in [4.69, 9.17) is 11.6 Å². The minimum atomic E-state index is -3.96. The van der Waals surface area contributed by atoms with Crippen LogP contribution >= 0.6 is 11.6 Å². The number of amides is 1. The first-order chi connectivity index (χ1) is 13.6. The zero-order valence-corrected chi connectivity index (χ0v) is 17.9. The van der Waals surface area contributed by atoms with E-state index in [0.29, 0.717) is 23.6 Å². The molecule has 1 amide bonds. The third-order valence-corrected chi connectivity index (χ3v) is 7.04. The maximum atomic E-state index is 13.2. The summed E-state index contributed by atoms with van der Waals surface area (Å²) in [5, 5.41) is 3.35. The number of sulfonamides is 1. The van der Waals surface area contributed by atoms with Crippen LogP contribution in [0.4, 0.5) is 5.69 Å². The van der Waals surface area contributed by atoms with Gasteiger partial charge >= 0.3 is 5.97 Å². The number of hydrogen-bond donors (Lipinski definition) is 1. The van der Waals surface area contributed by atoms with Crippen LogP contribution in [0.25, 0.3) is 0 Å². The van der Waals surface area contributed by atoms with Gasteiger partial charge in [-0.1, -0.05) is 11.6 Å². The van der Waals surface area contributed by atoms with Crippen molar-refractivity contribution < 1.29 is 22.7 Å². The van der Waals surface area contributed by atoms with Crippen LogP contribution in [0.5, 0.6) is 0 Å². The standard InChI is InChI=1S/C19H22ClN3O5S/c1-12-9-13(20)6-7-15(12)21-18(24)16-5-4-8-23(16)29(26,27)14-10-17(19(25)28-3)22(2)11-14/h6-7,9-11,16H,4-5,8H2,1-3H3,(H,21,24). The molecule has 0 radical (unpaired) electrons. The Morgan fingerprint density at radius 1 is 1.28 bits per heavy atom. The van der Waals surface area contributed by atoms with Gasteiger partial charge in [-0.15, -0.1) is 0 Å². The van der Waals surface area contributed by atoms with Gasteiger partial charge in [-0.2, -0.15) is 4.31 Å². The summed E-state index contributed by atoms with van der Waals surface area (Å²) >= 11 is 5.94. The van der Waals surface area contributed by atoms with Gasteiger partial charge in [0.05, 0.1) is 7.11 Å². The molecule has 10 heteroatoms. The molecule has 0 saturated carbocycles. The number of aromatic nitrogens is 1. The summed E-state index contributed by atoms with van der Waals surface area (Å²) < 4.78 is 33.6. The van der Waals surface area contributed by atoms with Crippen molar-refractivity contribution in [2.45, 2.75) is 30.7 Å². The van der Waals surface area contributed by atoms with E-state index in [1.54, 1.807) is 25.2 Å². The van der Waals surface area contributed by atoms with E-state index in [1.165, 1.54) is 28.2 Å². The topological polar surface area (TPSA) is 97.7 Å². The molecule has 1 aliphatic heterocycles.